The van der Waals surface area contributed by atoms with E-state index in [1.165, 1.54) is 0 Å². The Bertz CT molecular complexity index is 704. The molecule has 1 fully saturated rings. The van der Waals surface area contributed by atoms with Gasteiger partial charge in [-0.2, -0.15) is 0 Å². The van der Waals surface area contributed by atoms with Crippen molar-refractivity contribution < 1.29 is 4.79 Å². The number of aromatic nitrogens is 4. The normalized spacial score (nSPS) is 15.8. The molecule has 0 radical (unpaired) electrons. The van der Waals surface area contributed by atoms with Gasteiger partial charge >= 0.3 is 0 Å². The van der Waals surface area contributed by atoms with Crippen LogP contribution in [0.3, 0.4) is 0 Å². The van der Waals surface area contributed by atoms with Crippen LogP contribution in [-0.4, -0.2) is 62.6 Å². The summed E-state index contributed by atoms with van der Waals surface area (Å²) in [5.74, 6) is 2.53. The average Bonchev–Trinajstić information content (AvgIpc) is 3.03. The third-order valence-corrected chi connectivity index (χ3v) is 4.70. The molecule has 0 aromatic carbocycles. The van der Waals surface area contributed by atoms with E-state index in [0.717, 1.165) is 50.7 Å². The molecule has 7 heteroatoms. The number of carbonyl (C=O) groups excluding carboxylic acids is 1. The number of nitrogens with zero attached hydrogens (tertiary/aromatic N) is 6. The summed E-state index contributed by atoms with van der Waals surface area (Å²) in [7, 11) is 4.08. The summed E-state index contributed by atoms with van der Waals surface area (Å²) >= 11 is 0. The molecule has 2 aromatic rings. The number of likely N-dealkylation sites (tertiary alicyclic amines) is 1. The highest BCUT2D eigenvalue weighted by molar-refractivity contribution is 5.94. The molecule has 1 saturated heterocycles. The van der Waals surface area contributed by atoms with E-state index in [-0.39, 0.29) is 5.91 Å². The van der Waals surface area contributed by atoms with Gasteiger partial charge in [-0.25, -0.2) is 0 Å². The van der Waals surface area contributed by atoms with Crippen LogP contribution in [0.5, 0.6) is 0 Å². The average molecular weight is 342 g/mol. The number of rotatable bonds is 5. The molecule has 2 aromatic heterocycles. The zero-order valence-electron chi connectivity index (χ0n) is 15.2. The van der Waals surface area contributed by atoms with E-state index >= 15 is 0 Å². The van der Waals surface area contributed by atoms with Crippen LogP contribution in [0.2, 0.25) is 0 Å². The van der Waals surface area contributed by atoms with Gasteiger partial charge in [-0.15, -0.1) is 10.2 Å². The number of amides is 1. The fourth-order valence-corrected chi connectivity index (χ4v) is 3.41. The zero-order valence-corrected chi connectivity index (χ0v) is 15.2. The first-order valence-electron chi connectivity index (χ1n) is 8.86. The molecular weight excluding hydrogens is 316 g/mol. The molecular formula is C18H26N6O. The van der Waals surface area contributed by atoms with Gasteiger partial charge in [0.25, 0.3) is 5.91 Å². The van der Waals surface area contributed by atoms with E-state index in [2.05, 4.69) is 31.6 Å². The molecule has 0 atom stereocenters. The maximum atomic E-state index is 12.6. The van der Waals surface area contributed by atoms with Crippen LogP contribution in [0.4, 0.5) is 0 Å². The fourth-order valence-electron chi connectivity index (χ4n) is 3.41. The maximum absolute atomic E-state index is 12.6. The van der Waals surface area contributed by atoms with E-state index in [4.69, 9.17) is 0 Å². The first kappa shape index (κ1) is 17.5. The number of hydrogen-bond acceptors (Lipinski definition) is 5. The van der Waals surface area contributed by atoms with Gasteiger partial charge in [-0.1, -0.05) is 0 Å². The monoisotopic (exact) mass is 342 g/mol. The standard InChI is InChI=1S/C18H26N6O/c1-4-24-16(13-22(2)3)20-21-17(24)14-7-11-23(12-8-14)18(25)15-5-9-19-10-6-15/h5-6,9-10,14H,4,7-8,11-13H2,1-3H3. The highest BCUT2D eigenvalue weighted by atomic mass is 16.2. The first-order chi connectivity index (χ1) is 12.1. The summed E-state index contributed by atoms with van der Waals surface area (Å²) in [6.07, 6.45) is 5.18. The second-order valence-corrected chi connectivity index (χ2v) is 6.76. The Hall–Kier alpha value is -2.28. The summed E-state index contributed by atoms with van der Waals surface area (Å²) in [6.45, 7) is 5.31. The molecule has 0 aliphatic carbocycles. The lowest BCUT2D eigenvalue weighted by Gasteiger charge is -2.31. The van der Waals surface area contributed by atoms with E-state index in [1.54, 1.807) is 24.5 Å². The van der Waals surface area contributed by atoms with Crippen molar-refractivity contribution in [3.63, 3.8) is 0 Å². The van der Waals surface area contributed by atoms with E-state index in [1.807, 2.05) is 19.0 Å². The van der Waals surface area contributed by atoms with Crippen molar-refractivity contribution in [2.45, 2.75) is 38.8 Å². The lowest BCUT2D eigenvalue weighted by atomic mass is 9.95. The summed E-state index contributed by atoms with van der Waals surface area (Å²) in [5, 5.41) is 8.85. The van der Waals surface area contributed by atoms with Crippen molar-refractivity contribution >= 4 is 5.91 Å². The van der Waals surface area contributed by atoms with Gasteiger partial charge in [0, 0.05) is 43.5 Å². The van der Waals surface area contributed by atoms with E-state index in [0.29, 0.717) is 11.5 Å². The molecule has 0 bridgehead atoms. The molecule has 3 rings (SSSR count). The van der Waals surface area contributed by atoms with Crippen LogP contribution in [0.1, 0.15) is 47.7 Å². The van der Waals surface area contributed by atoms with Crippen molar-refractivity contribution in [1.29, 1.82) is 0 Å². The predicted octanol–water partition coefficient (Wildman–Crippen LogP) is 1.77. The third kappa shape index (κ3) is 3.87. The van der Waals surface area contributed by atoms with Crippen LogP contribution in [0.25, 0.3) is 0 Å². The molecule has 1 amide bonds. The van der Waals surface area contributed by atoms with Crippen LogP contribution in [0, 0.1) is 0 Å². The summed E-state index contributed by atoms with van der Waals surface area (Å²) in [4.78, 5) is 20.6. The maximum Gasteiger partial charge on any atom is 0.253 e. The van der Waals surface area contributed by atoms with Crippen molar-refractivity contribution in [2.24, 2.45) is 0 Å². The molecule has 0 saturated carbocycles. The molecule has 1 aliphatic rings. The van der Waals surface area contributed by atoms with Gasteiger partial charge in [0.2, 0.25) is 0 Å². The number of pyridine rings is 1. The van der Waals surface area contributed by atoms with E-state index < -0.39 is 0 Å². The SMILES string of the molecule is CCn1c(CN(C)C)nnc1C1CCN(C(=O)c2ccncc2)CC1. The minimum absolute atomic E-state index is 0.0890. The Labute approximate surface area is 148 Å². The van der Waals surface area contributed by atoms with Crippen LogP contribution < -0.4 is 0 Å². The van der Waals surface area contributed by atoms with E-state index in [9.17, 15) is 4.79 Å². The molecule has 134 valence electrons. The van der Waals surface area contributed by atoms with Gasteiger partial charge in [0.05, 0.1) is 6.54 Å². The predicted molar refractivity (Wildman–Crippen MR) is 95.2 cm³/mol. The van der Waals surface area contributed by atoms with Crippen LogP contribution in [0.15, 0.2) is 24.5 Å². The molecule has 0 unspecified atom stereocenters. The van der Waals surface area contributed by atoms with Crippen LogP contribution in [-0.2, 0) is 13.1 Å². The first-order valence-corrected chi connectivity index (χ1v) is 8.86. The van der Waals surface area contributed by atoms with Crippen molar-refractivity contribution in [2.75, 3.05) is 27.2 Å². The fraction of sp³-hybridized carbons (Fsp3) is 0.556. The van der Waals surface area contributed by atoms with Gasteiger partial charge in [-0.3, -0.25) is 9.78 Å². The molecule has 25 heavy (non-hydrogen) atoms. The third-order valence-electron chi connectivity index (χ3n) is 4.70. The van der Waals surface area contributed by atoms with Crippen LogP contribution >= 0.6 is 0 Å². The number of hydrogen-bond donors (Lipinski definition) is 0. The highest BCUT2D eigenvalue weighted by Gasteiger charge is 2.28. The quantitative estimate of drug-likeness (QED) is 0.828. The molecule has 0 N–H and O–H groups in total. The Morgan fingerprint density at radius 1 is 1.20 bits per heavy atom. The Morgan fingerprint density at radius 2 is 1.88 bits per heavy atom. The molecule has 7 nitrogen and oxygen atoms in total. The summed E-state index contributed by atoms with van der Waals surface area (Å²) in [6, 6.07) is 3.55. The Kier molecular flexibility index (Phi) is 5.43. The lowest BCUT2D eigenvalue weighted by Crippen LogP contribution is -2.38. The number of piperidine rings is 1. The van der Waals surface area contributed by atoms with Gasteiger partial charge in [0.15, 0.2) is 0 Å². The molecule has 0 spiro atoms. The minimum Gasteiger partial charge on any atom is -0.339 e. The Balaban J connectivity index is 1.66. The van der Waals surface area contributed by atoms with Crippen molar-refractivity contribution in [1.82, 2.24) is 29.5 Å². The summed E-state index contributed by atoms with van der Waals surface area (Å²) in [5.41, 5.74) is 0.707. The topological polar surface area (TPSA) is 67.2 Å². The molecule has 3 heterocycles. The summed E-state index contributed by atoms with van der Waals surface area (Å²) < 4.78 is 2.23. The number of carbonyl (C=O) groups is 1. The van der Waals surface area contributed by atoms with Gasteiger partial charge in [0.1, 0.15) is 11.6 Å². The second kappa shape index (κ2) is 7.74. The second-order valence-electron chi connectivity index (χ2n) is 6.76. The van der Waals surface area contributed by atoms with Gasteiger partial charge in [-0.05, 0) is 46.0 Å². The highest BCUT2D eigenvalue weighted by Crippen LogP contribution is 2.28. The lowest BCUT2D eigenvalue weighted by molar-refractivity contribution is 0.0710. The largest absolute Gasteiger partial charge is 0.339 e. The minimum atomic E-state index is 0.0890. The zero-order chi connectivity index (χ0) is 17.8. The smallest absolute Gasteiger partial charge is 0.253 e. The van der Waals surface area contributed by atoms with Crippen molar-refractivity contribution in [3.8, 4) is 0 Å². The Morgan fingerprint density at radius 3 is 2.48 bits per heavy atom. The van der Waals surface area contributed by atoms with Crippen molar-refractivity contribution in [3.05, 3.63) is 41.7 Å². The molecule has 1 aliphatic heterocycles. The van der Waals surface area contributed by atoms with Gasteiger partial charge < -0.3 is 14.4 Å².